The molecule has 0 unspecified atom stereocenters. The minimum Gasteiger partial charge on any atom is -0.450 e. The number of hydrogen-bond acceptors (Lipinski definition) is 4. The summed E-state index contributed by atoms with van der Waals surface area (Å²) in [7, 11) is 0. The van der Waals surface area contributed by atoms with Gasteiger partial charge in [-0.1, -0.05) is 167 Å². The van der Waals surface area contributed by atoms with Gasteiger partial charge in [-0.15, -0.1) is 0 Å². The number of rotatable bonds is 3. The van der Waals surface area contributed by atoms with E-state index in [0.717, 1.165) is 35.8 Å². The van der Waals surface area contributed by atoms with E-state index in [1.54, 1.807) is 0 Å². The average molecular weight is 865 g/mol. The third-order valence-electron chi connectivity index (χ3n) is 16.1. The number of fused-ring (bicyclic) bond motifs is 11. The maximum Gasteiger partial charge on any atom is 0.333 e. The van der Waals surface area contributed by atoms with Crippen LogP contribution < -0.4 is 30.1 Å². The van der Waals surface area contributed by atoms with Crippen LogP contribution in [-0.4, -0.2) is 6.85 Å². The van der Waals surface area contributed by atoms with Crippen molar-refractivity contribution >= 4 is 57.0 Å². The van der Waals surface area contributed by atoms with Gasteiger partial charge in [0.15, 0.2) is 23.0 Å². The third-order valence-corrected chi connectivity index (χ3v) is 16.1. The van der Waals surface area contributed by atoms with E-state index in [9.17, 15) is 0 Å². The highest BCUT2D eigenvalue weighted by atomic mass is 16.6. The molecule has 0 amide bonds. The van der Waals surface area contributed by atoms with Crippen LogP contribution in [0.3, 0.4) is 0 Å². The monoisotopic (exact) mass is 864 g/mol. The second-order valence-electron chi connectivity index (χ2n) is 20.7. The first-order valence-electron chi connectivity index (χ1n) is 23.9. The van der Waals surface area contributed by atoms with Crippen molar-refractivity contribution in [3.05, 3.63) is 221 Å². The Morgan fingerprint density at radius 3 is 1.79 bits per heavy atom. The molecule has 0 saturated heterocycles. The molecule has 67 heavy (non-hydrogen) atoms. The largest absolute Gasteiger partial charge is 0.450 e. The van der Waals surface area contributed by atoms with Crippen molar-refractivity contribution in [3.63, 3.8) is 0 Å². The molecule has 14 rings (SSSR count). The number of aryl methyl sites for hydroxylation is 1. The SMILES string of the molecule is Cc1cc2c(cc1N1c3cc4c(cc3B3c5c1cc1ccccc1c5-c1cccc5c1N3c1ccccc1C5(c1ccccc1)c1ccccc1)Oc1ccccc1O4)C(C)(C)CCC2(C)C. The zero-order chi connectivity index (χ0) is 45.0. The van der Waals surface area contributed by atoms with E-state index in [4.69, 9.17) is 9.47 Å². The van der Waals surface area contributed by atoms with Crippen LogP contribution in [0.15, 0.2) is 182 Å². The molecule has 4 heterocycles. The summed E-state index contributed by atoms with van der Waals surface area (Å²) in [6, 6.07) is 67.7. The van der Waals surface area contributed by atoms with Gasteiger partial charge >= 0.3 is 6.85 Å². The lowest BCUT2D eigenvalue weighted by Crippen LogP contribution is -2.63. The van der Waals surface area contributed by atoms with Crippen LogP contribution >= 0.6 is 0 Å². The fourth-order valence-electron chi connectivity index (χ4n) is 12.9. The van der Waals surface area contributed by atoms with E-state index >= 15 is 0 Å². The van der Waals surface area contributed by atoms with Crippen molar-refractivity contribution in [3.8, 4) is 34.1 Å². The van der Waals surface area contributed by atoms with Gasteiger partial charge in [-0.3, -0.25) is 0 Å². The van der Waals surface area contributed by atoms with E-state index in [1.807, 2.05) is 24.3 Å². The second kappa shape index (κ2) is 13.5. The van der Waals surface area contributed by atoms with Gasteiger partial charge in [0.1, 0.15) is 0 Å². The topological polar surface area (TPSA) is 24.9 Å². The summed E-state index contributed by atoms with van der Waals surface area (Å²) in [4.78, 5) is 5.27. The Morgan fingerprint density at radius 1 is 0.478 bits per heavy atom. The Balaban J connectivity index is 1.14. The molecule has 4 aliphatic heterocycles. The number of para-hydroxylation sites is 4. The fraction of sp³-hybridized carbons (Fsp3) is 0.161. The van der Waals surface area contributed by atoms with Crippen LogP contribution in [0.2, 0.25) is 0 Å². The number of hydrogen-bond donors (Lipinski definition) is 0. The summed E-state index contributed by atoms with van der Waals surface area (Å²) in [6.07, 6.45) is 2.30. The van der Waals surface area contributed by atoms with Gasteiger partial charge in [0.2, 0.25) is 0 Å². The maximum atomic E-state index is 6.86. The number of benzene rings is 9. The smallest absolute Gasteiger partial charge is 0.333 e. The van der Waals surface area contributed by atoms with Crippen LogP contribution in [0, 0.1) is 6.92 Å². The van der Waals surface area contributed by atoms with Gasteiger partial charge in [-0.05, 0) is 133 Å². The normalized spacial score (nSPS) is 16.8. The highest BCUT2D eigenvalue weighted by Gasteiger charge is 2.54. The van der Waals surface area contributed by atoms with Crippen molar-refractivity contribution in [1.29, 1.82) is 0 Å². The standard InChI is InChI=1S/C62H49BN2O2/c1-38-33-46-47(61(4,5)32-31-60(46,2)3)35-50(38)64-51-37-56-55(66-53-29-16-17-30-54(53)67-56)36-48(51)63-58-52(64)34-39-19-12-13-24-42(39)57(58)43-25-18-27-45-59(43)65(63)49-28-15-14-26-44(49)62(45,40-20-8-6-9-21-40)41-22-10-7-11-23-41/h6-30,33-37H,31-32H2,1-5H3. The molecule has 0 bridgehead atoms. The molecule has 0 saturated carbocycles. The molecule has 0 atom stereocenters. The van der Waals surface area contributed by atoms with E-state index in [1.165, 1.54) is 94.5 Å². The van der Waals surface area contributed by atoms with E-state index < -0.39 is 5.41 Å². The Bertz CT molecular complexity index is 3540. The summed E-state index contributed by atoms with van der Waals surface area (Å²) in [5, 5.41) is 2.47. The van der Waals surface area contributed by atoms with E-state index in [2.05, 4.69) is 202 Å². The van der Waals surface area contributed by atoms with E-state index in [-0.39, 0.29) is 17.7 Å². The maximum absolute atomic E-state index is 6.86. The van der Waals surface area contributed by atoms with Gasteiger partial charge in [0, 0.05) is 40.1 Å². The first kappa shape index (κ1) is 38.7. The highest BCUT2D eigenvalue weighted by Crippen LogP contribution is 2.62. The summed E-state index contributed by atoms with van der Waals surface area (Å²) in [5.41, 5.74) is 19.6. The number of nitrogens with zero attached hydrogens (tertiary/aromatic N) is 2. The van der Waals surface area contributed by atoms with Crippen molar-refractivity contribution < 1.29 is 9.47 Å². The molecule has 9 aromatic carbocycles. The van der Waals surface area contributed by atoms with Crippen molar-refractivity contribution in [2.45, 2.75) is 63.7 Å². The lowest BCUT2D eigenvalue weighted by atomic mass is 9.42. The second-order valence-corrected chi connectivity index (χ2v) is 20.7. The molecule has 0 N–H and O–H groups in total. The van der Waals surface area contributed by atoms with Crippen molar-refractivity contribution in [2.24, 2.45) is 0 Å². The summed E-state index contributed by atoms with van der Waals surface area (Å²) in [5.74, 6) is 2.88. The Kier molecular flexibility index (Phi) is 7.83. The molecule has 322 valence electrons. The lowest BCUT2D eigenvalue weighted by Gasteiger charge is -2.53. The van der Waals surface area contributed by atoms with Crippen LogP contribution in [0.5, 0.6) is 23.0 Å². The van der Waals surface area contributed by atoms with Crippen molar-refractivity contribution in [1.82, 2.24) is 0 Å². The van der Waals surface area contributed by atoms with Gasteiger partial charge < -0.3 is 19.2 Å². The van der Waals surface area contributed by atoms with Crippen LogP contribution in [0.1, 0.15) is 79.5 Å². The molecular formula is C62H49BN2O2. The first-order chi connectivity index (χ1) is 32.6. The number of ether oxygens (including phenoxy) is 2. The molecule has 0 fully saturated rings. The minimum atomic E-state index is -0.604. The lowest BCUT2D eigenvalue weighted by molar-refractivity contribution is 0.332. The zero-order valence-corrected chi connectivity index (χ0v) is 38.5. The molecule has 5 heteroatoms. The van der Waals surface area contributed by atoms with Crippen LogP contribution in [0.4, 0.5) is 28.4 Å². The van der Waals surface area contributed by atoms with Gasteiger partial charge in [-0.2, -0.15) is 0 Å². The van der Waals surface area contributed by atoms with Crippen LogP contribution in [0.25, 0.3) is 21.9 Å². The fourth-order valence-corrected chi connectivity index (χ4v) is 12.9. The Hall–Kier alpha value is -7.50. The zero-order valence-electron chi connectivity index (χ0n) is 38.5. The molecule has 0 radical (unpaired) electrons. The van der Waals surface area contributed by atoms with Crippen LogP contribution in [-0.2, 0) is 16.2 Å². The van der Waals surface area contributed by atoms with E-state index in [0.29, 0.717) is 5.75 Å². The Morgan fingerprint density at radius 2 is 1.07 bits per heavy atom. The molecular weight excluding hydrogens is 816 g/mol. The third kappa shape index (κ3) is 5.15. The van der Waals surface area contributed by atoms with Gasteiger partial charge in [-0.25, -0.2) is 0 Å². The van der Waals surface area contributed by atoms with Gasteiger partial charge in [0.05, 0.1) is 5.41 Å². The summed E-state index contributed by atoms with van der Waals surface area (Å²) in [6.45, 7) is 11.8. The molecule has 1 aliphatic carbocycles. The minimum absolute atomic E-state index is 0.0185. The molecule has 0 spiro atoms. The predicted molar refractivity (Wildman–Crippen MR) is 276 cm³/mol. The first-order valence-corrected chi connectivity index (χ1v) is 23.9. The average Bonchev–Trinajstić information content (AvgIpc) is 3.35. The molecule has 0 aromatic heterocycles. The highest BCUT2D eigenvalue weighted by molar-refractivity contribution is 6.94. The molecule has 5 aliphatic rings. The molecule has 4 nitrogen and oxygen atoms in total. The van der Waals surface area contributed by atoms with Crippen molar-refractivity contribution in [2.75, 3.05) is 9.71 Å². The predicted octanol–water partition coefficient (Wildman–Crippen LogP) is 14.8. The Labute approximate surface area is 393 Å². The quantitative estimate of drug-likeness (QED) is 0.165. The van der Waals surface area contributed by atoms with Gasteiger partial charge in [0.25, 0.3) is 0 Å². The summed E-state index contributed by atoms with van der Waals surface area (Å²) >= 11 is 0. The summed E-state index contributed by atoms with van der Waals surface area (Å²) < 4.78 is 13.7. The number of anilines is 5. The molecule has 9 aromatic rings.